The van der Waals surface area contributed by atoms with Crippen LogP contribution in [-0.2, 0) is 0 Å². The molecule has 0 spiro atoms. The molecule has 1 saturated heterocycles. The van der Waals surface area contributed by atoms with Crippen molar-refractivity contribution in [3.63, 3.8) is 0 Å². The van der Waals surface area contributed by atoms with Crippen molar-refractivity contribution in [1.29, 1.82) is 0 Å². The highest BCUT2D eigenvalue weighted by Crippen LogP contribution is 2.38. The summed E-state index contributed by atoms with van der Waals surface area (Å²) < 4.78 is 0. The Labute approximate surface area is 120 Å². The molecule has 1 N–H and O–H groups in total. The molecule has 1 aliphatic heterocycles. The molecule has 1 aliphatic rings. The van der Waals surface area contributed by atoms with Crippen molar-refractivity contribution in [3.8, 4) is 0 Å². The largest absolute Gasteiger partial charge is 0.396 e. The number of hydrogen-bond acceptors (Lipinski definition) is 2. The molecule has 2 aromatic rings. The van der Waals surface area contributed by atoms with Crippen molar-refractivity contribution in [2.24, 2.45) is 5.92 Å². The minimum Gasteiger partial charge on any atom is -0.396 e. The number of aliphatic hydroxyl groups excluding tert-OH is 1. The lowest BCUT2D eigenvalue weighted by Crippen LogP contribution is -2.57. The van der Waals surface area contributed by atoms with Crippen molar-refractivity contribution >= 4 is 0 Å². The average molecular weight is 267 g/mol. The van der Waals surface area contributed by atoms with Crippen LogP contribution in [0.2, 0.25) is 0 Å². The van der Waals surface area contributed by atoms with E-state index in [0.717, 1.165) is 6.54 Å². The van der Waals surface area contributed by atoms with Gasteiger partial charge >= 0.3 is 0 Å². The molecule has 20 heavy (non-hydrogen) atoms. The van der Waals surface area contributed by atoms with E-state index in [4.69, 9.17) is 0 Å². The average Bonchev–Trinajstić information content (AvgIpc) is 2.52. The van der Waals surface area contributed by atoms with E-state index in [1.807, 2.05) is 0 Å². The van der Waals surface area contributed by atoms with Gasteiger partial charge in [-0.25, -0.2) is 0 Å². The number of hydrogen-bond donors (Lipinski definition) is 1. The molecule has 0 aromatic heterocycles. The fourth-order valence-corrected chi connectivity index (χ4v) is 3.12. The molecule has 2 nitrogen and oxygen atoms in total. The Hall–Kier alpha value is -1.64. The van der Waals surface area contributed by atoms with E-state index in [-0.39, 0.29) is 12.6 Å². The van der Waals surface area contributed by atoms with Crippen LogP contribution in [0.25, 0.3) is 0 Å². The SMILES string of the molecule is C[C@H]1[C@H](CO)CN1C(c1ccccc1)c1ccccc1. The smallest absolute Gasteiger partial charge is 0.0604 e. The molecule has 2 heteroatoms. The van der Waals surface area contributed by atoms with Crippen molar-refractivity contribution in [3.05, 3.63) is 71.8 Å². The van der Waals surface area contributed by atoms with Gasteiger partial charge in [0.25, 0.3) is 0 Å². The van der Waals surface area contributed by atoms with Gasteiger partial charge in [-0.15, -0.1) is 0 Å². The Kier molecular flexibility index (Phi) is 3.86. The number of likely N-dealkylation sites (tertiary alicyclic amines) is 1. The summed E-state index contributed by atoms with van der Waals surface area (Å²) in [4.78, 5) is 2.48. The Morgan fingerprint density at radius 1 is 1.00 bits per heavy atom. The first-order valence-electron chi connectivity index (χ1n) is 7.27. The van der Waals surface area contributed by atoms with E-state index in [1.165, 1.54) is 11.1 Å². The second-order valence-corrected chi connectivity index (χ2v) is 5.60. The van der Waals surface area contributed by atoms with Crippen molar-refractivity contribution in [2.45, 2.75) is 19.0 Å². The molecule has 0 aliphatic carbocycles. The third-order valence-electron chi connectivity index (χ3n) is 4.45. The first kappa shape index (κ1) is 13.3. The molecule has 0 amide bonds. The Bertz CT molecular complexity index is 500. The third kappa shape index (κ3) is 2.37. The standard InChI is InChI=1S/C18H21NO/c1-14-17(13-20)12-19(14)18(15-8-4-2-5-9-15)16-10-6-3-7-11-16/h2-11,14,17-18,20H,12-13H2,1H3/t14-,17-/m0/s1. The fraction of sp³-hybridized carbons (Fsp3) is 0.333. The normalized spacial score (nSPS) is 22.8. The van der Waals surface area contributed by atoms with Crippen molar-refractivity contribution in [1.82, 2.24) is 4.90 Å². The zero-order chi connectivity index (χ0) is 13.9. The van der Waals surface area contributed by atoms with Crippen molar-refractivity contribution < 1.29 is 5.11 Å². The van der Waals surface area contributed by atoms with Crippen LogP contribution in [0.1, 0.15) is 24.1 Å². The maximum atomic E-state index is 9.37. The molecule has 3 rings (SSSR count). The molecule has 0 saturated carbocycles. The molecule has 0 bridgehead atoms. The van der Waals surface area contributed by atoms with Gasteiger partial charge in [-0.2, -0.15) is 0 Å². The van der Waals surface area contributed by atoms with Crippen molar-refractivity contribution in [2.75, 3.05) is 13.2 Å². The molecule has 0 unspecified atom stereocenters. The van der Waals surface area contributed by atoms with E-state index in [2.05, 4.69) is 72.5 Å². The first-order chi connectivity index (χ1) is 9.81. The number of rotatable bonds is 4. The fourth-order valence-electron chi connectivity index (χ4n) is 3.12. The predicted molar refractivity (Wildman–Crippen MR) is 81.5 cm³/mol. The van der Waals surface area contributed by atoms with Crippen LogP contribution in [0.5, 0.6) is 0 Å². The second kappa shape index (κ2) is 5.78. The summed E-state index contributed by atoms with van der Waals surface area (Å²) in [5.74, 6) is 0.407. The van der Waals surface area contributed by atoms with E-state index in [9.17, 15) is 5.11 Å². The third-order valence-corrected chi connectivity index (χ3v) is 4.45. The zero-order valence-corrected chi connectivity index (χ0v) is 11.8. The van der Waals surface area contributed by atoms with Crippen LogP contribution in [0.3, 0.4) is 0 Å². The summed E-state index contributed by atoms with van der Waals surface area (Å²) in [6.07, 6.45) is 0. The summed E-state index contributed by atoms with van der Waals surface area (Å²) in [5.41, 5.74) is 2.64. The summed E-state index contributed by atoms with van der Waals surface area (Å²) in [6.45, 7) is 3.46. The Balaban J connectivity index is 1.94. The monoisotopic (exact) mass is 267 g/mol. The molecule has 2 aromatic carbocycles. The van der Waals surface area contributed by atoms with Gasteiger partial charge < -0.3 is 5.11 Å². The lowest BCUT2D eigenvalue weighted by molar-refractivity contribution is -0.0278. The lowest BCUT2D eigenvalue weighted by atomic mass is 9.84. The van der Waals surface area contributed by atoms with E-state index in [0.29, 0.717) is 12.0 Å². The Morgan fingerprint density at radius 3 is 1.90 bits per heavy atom. The van der Waals surface area contributed by atoms with Crippen LogP contribution in [0.4, 0.5) is 0 Å². The highest BCUT2D eigenvalue weighted by Gasteiger charge is 2.40. The summed E-state index contributed by atoms with van der Waals surface area (Å²) in [5, 5.41) is 9.37. The van der Waals surface area contributed by atoms with E-state index >= 15 is 0 Å². The molecular weight excluding hydrogens is 246 g/mol. The van der Waals surface area contributed by atoms with E-state index < -0.39 is 0 Å². The summed E-state index contributed by atoms with van der Waals surface area (Å²) >= 11 is 0. The van der Waals surface area contributed by atoms with Crippen LogP contribution in [0.15, 0.2) is 60.7 Å². The molecule has 1 fully saturated rings. The molecule has 2 atom stereocenters. The predicted octanol–water partition coefficient (Wildman–Crippen LogP) is 3.09. The molecule has 104 valence electrons. The molecule has 0 radical (unpaired) electrons. The van der Waals surface area contributed by atoms with Crippen LogP contribution in [0, 0.1) is 5.92 Å². The van der Waals surface area contributed by atoms with Crippen LogP contribution in [-0.4, -0.2) is 29.2 Å². The number of benzene rings is 2. The van der Waals surface area contributed by atoms with Gasteiger partial charge in [0, 0.05) is 25.1 Å². The molecular formula is C18H21NO. The maximum absolute atomic E-state index is 9.37. The highest BCUT2D eigenvalue weighted by atomic mass is 16.3. The first-order valence-corrected chi connectivity index (χ1v) is 7.27. The van der Waals surface area contributed by atoms with Gasteiger partial charge in [-0.05, 0) is 18.1 Å². The minimum atomic E-state index is 0.286. The topological polar surface area (TPSA) is 23.5 Å². The van der Waals surface area contributed by atoms with Gasteiger partial charge in [0.2, 0.25) is 0 Å². The van der Waals surface area contributed by atoms with Gasteiger partial charge in [0.1, 0.15) is 0 Å². The molecule has 1 heterocycles. The van der Waals surface area contributed by atoms with Crippen LogP contribution >= 0.6 is 0 Å². The number of aliphatic hydroxyl groups is 1. The second-order valence-electron chi connectivity index (χ2n) is 5.60. The summed E-state index contributed by atoms with van der Waals surface area (Å²) in [6, 6.07) is 22.0. The van der Waals surface area contributed by atoms with Gasteiger partial charge in [0.05, 0.1) is 6.04 Å². The Morgan fingerprint density at radius 2 is 1.50 bits per heavy atom. The van der Waals surface area contributed by atoms with Gasteiger partial charge in [-0.1, -0.05) is 60.7 Å². The van der Waals surface area contributed by atoms with Gasteiger partial charge in [-0.3, -0.25) is 4.90 Å². The highest BCUT2D eigenvalue weighted by molar-refractivity contribution is 5.32. The zero-order valence-electron chi connectivity index (χ0n) is 11.8. The summed E-state index contributed by atoms with van der Waals surface area (Å²) in [7, 11) is 0. The quantitative estimate of drug-likeness (QED) is 0.920. The van der Waals surface area contributed by atoms with E-state index in [1.54, 1.807) is 0 Å². The maximum Gasteiger partial charge on any atom is 0.0604 e. The van der Waals surface area contributed by atoms with Crippen LogP contribution < -0.4 is 0 Å². The lowest BCUT2D eigenvalue weighted by Gasteiger charge is -2.50. The number of nitrogens with zero attached hydrogens (tertiary/aromatic N) is 1. The minimum absolute atomic E-state index is 0.286. The van der Waals surface area contributed by atoms with Gasteiger partial charge in [0.15, 0.2) is 0 Å².